The number of hydrogen-bond donors (Lipinski definition) is 3. The molecule has 8 heteroatoms. The summed E-state index contributed by atoms with van der Waals surface area (Å²) in [6.45, 7) is 0. The second-order valence-corrected chi connectivity index (χ2v) is 4.84. The lowest BCUT2D eigenvalue weighted by Crippen LogP contribution is -2.17. The summed E-state index contributed by atoms with van der Waals surface area (Å²) in [6, 6.07) is 10.7. The van der Waals surface area contributed by atoms with Crippen molar-refractivity contribution in [2.24, 2.45) is 10.3 Å². The molecule has 7 nitrogen and oxygen atoms in total. The summed E-state index contributed by atoms with van der Waals surface area (Å²) >= 11 is 5.09. The number of aromatic hydroxyl groups is 2. The van der Waals surface area contributed by atoms with Crippen molar-refractivity contribution >= 4 is 28.8 Å². The van der Waals surface area contributed by atoms with Crippen molar-refractivity contribution in [3.8, 4) is 11.5 Å². The Morgan fingerprint density at radius 1 is 1.14 bits per heavy atom. The van der Waals surface area contributed by atoms with Gasteiger partial charge in [-0.3, -0.25) is 4.79 Å². The van der Waals surface area contributed by atoms with Gasteiger partial charge < -0.3 is 15.2 Å². The molecule has 0 bridgehead atoms. The number of nitrogens with one attached hydrogen (secondary N) is 1. The third-order valence-corrected chi connectivity index (χ3v) is 3.26. The second-order valence-electron chi connectivity index (χ2n) is 4.46. The molecule has 3 aromatic rings. The molecule has 0 aliphatic rings. The zero-order valence-electron chi connectivity index (χ0n) is 11.1. The number of hydrogen-bond acceptors (Lipinski definition) is 6. The normalized spacial score (nSPS) is 11.3. The van der Waals surface area contributed by atoms with Crippen molar-refractivity contribution in [3.05, 3.63) is 57.6 Å². The molecule has 3 rings (SSSR count). The van der Waals surface area contributed by atoms with Crippen LogP contribution in [0.25, 0.3) is 10.9 Å². The van der Waals surface area contributed by atoms with E-state index in [1.165, 1.54) is 12.1 Å². The fourth-order valence-electron chi connectivity index (χ4n) is 1.92. The van der Waals surface area contributed by atoms with E-state index in [1.54, 1.807) is 24.3 Å². The van der Waals surface area contributed by atoms with Crippen molar-refractivity contribution in [2.75, 3.05) is 0 Å². The zero-order valence-corrected chi connectivity index (χ0v) is 11.9. The largest absolute Gasteiger partial charge is 0.508 e. The molecular formula is C14H10N4O3S. The Balaban J connectivity index is 2.13. The molecule has 2 aromatic carbocycles. The lowest BCUT2D eigenvalue weighted by atomic mass is 10.2. The lowest BCUT2D eigenvalue weighted by molar-refractivity contribution is 0.451. The molecular weight excluding hydrogens is 304 g/mol. The third-order valence-electron chi connectivity index (χ3n) is 2.98. The highest BCUT2D eigenvalue weighted by molar-refractivity contribution is 7.71. The van der Waals surface area contributed by atoms with Crippen LogP contribution in [0.4, 0.5) is 5.69 Å². The van der Waals surface area contributed by atoms with E-state index in [1.807, 2.05) is 0 Å². The molecule has 110 valence electrons. The van der Waals surface area contributed by atoms with E-state index < -0.39 is 5.56 Å². The van der Waals surface area contributed by atoms with E-state index >= 15 is 0 Å². The number of H-pyrrole nitrogens is 1. The molecule has 0 aliphatic carbocycles. The summed E-state index contributed by atoms with van der Waals surface area (Å²) in [5, 5.41) is 26.8. The minimum absolute atomic E-state index is 0.0886. The predicted octanol–water partition coefficient (Wildman–Crippen LogP) is 3.02. The molecule has 0 atom stereocenters. The average Bonchev–Trinajstić information content (AvgIpc) is 2.49. The SMILES string of the molecule is O=c1c2ccccc2[nH]c(=S)n1N=Nc1ccc(O)cc1O. The van der Waals surface area contributed by atoms with Gasteiger partial charge >= 0.3 is 0 Å². The highest BCUT2D eigenvalue weighted by Gasteiger charge is 2.05. The highest BCUT2D eigenvalue weighted by atomic mass is 32.1. The van der Waals surface area contributed by atoms with Gasteiger partial charge in [-0.1, -0.05) is 17.4 Å². The summed E-state index contributed by atoms with van der Waals surface area (Å²) in [4.78, 5) is 15.2. The number of rotatable bonds is 2. The minimum atomic E-state index is -0.415. The van der Waals surface area contributed by atoms with Crippen LogP contribution in [0.1, 0.15) is 0 Å². The Bertz CT molecular complexity index is 1010. The standard InChI is InChI=1S/C14H10N4O3S/c19-8-5-6-11(12(20)7-8)16-17-18-13(21)9-3-1-2-4-10(9)15-14(18)22/h1-7,19-20H,(H,15,22). The van der Waals surface area contributed by atoms with E-state index in [-0.39, 0.29) is 22.0 Å². The number of phenols is 2. The van der Waals surface area contributed by atoms with E-state index in [0.29, 0.717) is 10.9 Å². The first-order valence-electron chi connectivity index (χ1n) is 6.24. The molecule has 1 heterocycles. The Labute approximate surface area is 128 Å². The van der Waals surface area contributed by atoms with Gasteiger partial charge in [-0.05, 0) is 36.5 Å². The first kappa shape index (κ1) is 14.0. The van der Waals surface area contributed by atoms with Gasteiger partial charge in [0.2, 0.25) is 4.77 Å². The maximum Gasteiger partial charge on any atom is 0.284 e. The van der Waals surface area contributed by atoms with E-state index in [2.05, 4.69) is 15.3 Å². The summed E-state index contributed by atoms with van der Waals surface area (Å²) in [5.74, 6) is -0.357. The van der Waals surface area contributed by atoms with Gasteiger partial charge in [0.05, 0.1) is 10.9 Å². The van der Waals surface area contributed by atoms with Crippen LogP contribution < -0.4 is 5.56 Å². The maximum atomic E-state index is 12.3. The average molecular weight is 314 g/mol. The van der Waals surface area contributed by atoms with E-state index in [9.17, 15) is 15.0 Å². The van der Waals surface area contributed by atoms with Gasteiger partial charge in [0.15, 0.2) is 0 Å². The smallest absolute Gasteiger partial charge is 0.284 e. The van der Waals surface area contributed by atoms with Gasteiger partial charge in [-0.25, -0.2) is 0 Å². The maximum absolute atomic E-state index is 12.3. The number of para-hydroxylation sites is 1. The first-order chi connectivity index (χ1) is 10.6. The molecule has 0 saturated carbocycles. The van der Waals surface area contributed by atoms with Crippen LogP contribution in [0.15, 0.2) is 57.6 Å². The van der Waals surface area contributed by atoms with Gasteiger partial charge in [0.1, 0.15) is 17.2 Å². The van der Waals surface area contributed by atoms with Crippen LogP contribution in [-0.2, 0) is 0 Å². The Kier molecular flexibility index (Phi) is 3.43. The molecule has 0 spiro atoms. The fraction of sp³-hybridized carbons (Fsp3) is 0. The molecule has 0 aliphatic heterocycles. The van der Waals surface area contributed by atoms with E-state index in [0.717, 1.165) is 10.7 Å². The number of aromatic amines is 1. The van der Waals surface area contributed by atoms with E-state index in [4.69, 9.17) is 12.2 Å². The van der Waals surface area contributed by atoms with Gasteiger partial charge in [0.25, 0.3) is 5.56 Å². The highest BCUT2D eigenvalue weighted by Crippen LogP contribution is 2.29. The number of aromatic nitrogens is 2. The second kappa shape index (κ2) is 5.41. The van der Waals surface area contributed by atoms with Crippen molar-refractivity contribution in [1.29, 1.82) is 0 Å². The Morgan fingerprint density at radius 2 is 1.91 bits per heavy atom. The van der Waals surface area contributed by atoms with Crippen molar-refractivity contribution in [2.45, 2.75) is 0 Å². The summed E-state index contributed by atoms with van der Waals surface area (Å²) in [7, 11) is 0. The number of benzene rings is 2. The number of nitrogens with zero attached hydrogens (tertiary/aromatic N) is 3. The Morgan fingerprint density at radius 3 is 2.68 bits per heavy atom. The van der Waals surface area contributed by atoms with Crippen LogP contribution in [0.3, 0.4) is 0 Å². The number of fused-ring (bicyclic) bond motifs is 1. The van der Waals surface area contributed by atoms with Gasteiger partial charge in [-0.2, -0.15) is 4.68 Å². The third kappa shape index (κ3) is 2.47. The van der Waals surface area contributed by atoms with Crippen LogP contribution in [0.5, 0.6) is 11.5 Å². The topological polar surface area (TPSA) is 103 Å². The molecule has 0 radical (unpaired) electrons. The Hall–Kier alpha value is -3.00. The molecule has 3 N–H and O–H groups in total. The minimum Gasteiger partial charge on any atom is -0.508 e. The lowest BCUT2D eigenvalue weighted by Gasteiger charge is -2.02. The van der Waals surface area contributed by atoms with Crippen LogP contribution >= 0.6 is 12.2 Å². The molecule has 22 heavy (non-hydrogen) atoms. The summed E-state index contributed by atoms with van der Waals surface area (Å²) in [6.07, 6.45) is 0. The quantitative estimate of drug-likeness (QED) is 0.499. The molecule has 0 saturated heterocycles. The van der Waals surface area contributed by atoms with Crippen LogP contribution in [-0.4, -0.2) is 19.9 Å². The summed E-state index contributed by atoms with van der Waals surface area (Å²) < 4.78 is 1.02. The van der Waals surface area contributed by atoms with Crippen LogP contribution in [0, 0.1) is 4.77 Å². The van der Waals surface area contributed by atoms with Gasteiger partial charge in [0, 0.05) is 6.07 Å². The van der Waals surface area contributed by atoms with Crippen LogP contribution in [0.2, 0.25) is 0 Å². The van der Waals surface area contributed by atoms with Crippen molar-refractivity contribution < 1.29 is 10.2 Å². The van der Waals surface area contributed by atoms with Crippen molar-refractivity contribution in [1.82, 2.24) is 9.66 Å². The molecule has 1 aromatic heterocycles. The monoisotopic (exact) mass is 314 g/mol. The zero-order chi connectivity index (χ0) is 15.7. The molecule has 0 unspecified atom stereocenters. The molecule has 0 fully saturated rings. The first-order valence-corrected chi connectivity index (χ1v) is 6.65. The summed E-state index contributed by atoms with van der Waals surface area (Å²) in [5.41, 5.74) is 0.296. The fourth-order valence-corrected chi connectivity index (χ4v) is 2.15. The predicted molar refractivity (Wildman–Crippen MR) is 83.1 cm³/mol. The molecule has 0 amide bonds. The number of phenolic OH excluding ortho intramolecular Hbond substituents is 2. The van der Waals surface area contributed by atoms with Crippen molar-refractivity contribution in [3.63, 3.8) is 0 Å². The van der Waals surface area contributed by atoms with Gasteiger partial charge in [-0.15, -0.1) is 5.11 Å².